The van der Waals surface area contributed by atoms with Crippen molar-refractivity contribution in [2.75, 3.05) is 18.0 Å². The number of methoxy groups -OCH3 is 1. The van der Waals surface area contributed by atoms with Gasteiger partial charge in [-0.3, -0.25) is 13.9 Å². The van der Waals surface area contributed by atoms with Crippen LogP contribution in [0.5, 0.6) is 5.75 Å². The second-order valence-electron chi connectivity index (χ2n) is 10.6. The van der Waals surface area contributed by atoms with Crippen LogP contribution in [0.25, 0.3) is 0 Å². The average molecular weight is 578 g/mol. The third-order valence-corrected chi connectivity index (χ3v) is 9.49. The van der Waals surface area contributed by atoms with Gasteiger partial charge in [0.05, 0.1) is 17.7 Å². The van der Waals surface area contributed by atoms with Crippen LogP contribution < -0.4 is 14.4 Å². The summed E-state index contributed by atoms with van der Waals surface area (Å²) in [5.41, 5.74) is 3.07. The molecule has 1 aliphatic rings. The molecule has 0 aromatic heterocycles. The fourth-order valence-corrected chi connectivity index (χ4v) is 6.48. The molecule has 2 amide bonds. The van der Waals surface area contributed by atoms with Crippen molar-refractivity contribution in [1.82, 2.24) is 10.2 Å². The topological polar surface area (TPSA) is 96.0 Å². The molecule has 1 saturated carbocycles. The number of ether oxygens (including phenoxy) is 1. The molecule has 0 aliphatic heterocycles. The number of nitrogens with one attached hydrogen (secondary N) is 1. The normalized spacial score (nSPS) is 14.3. The lowest BCUT2D eigenvalue weighted by atomic mass is 10.1. The Kier molecular flexibility index (Phi) is 9.70. The van der Waals surface area contributed by atoms with Crippen LogP contribution in [0.3, 0.4) is 0 Å². The highest BCUT2D eigenvalue weighted by molar-refractivity contribution is 7.92. The van der Waals surface area contributed by atoms with E-state index in [0.717, 1.165) is 46.7 Å². The van der Waals surface area contributed by atoms with Gasteiger partial charge in [0.2, 0.25) is 11.8 Å². The lowest BCUT2D eigenvalue weighted by Crippen LogP contribution is -2.52. The number of amides is 2. The molecular weight excluding hydrogens is 538 g/mol. The summed E-state index contributed by atoms with van der Waals surface area (Å²) < 4.78 is 34.4. The van der Waals surface area contributed by atoms with E-state index in [1.165, 1.54) is 24.1 Å². The van der Waals surface area contributed by atoms with Crippen molar-refractivity contribution >= 4 is 27.5 Å². The van der Waals surface area contributed by atoms with E-state index in [1.54, 1.807) is 43.3 Å². The number of hydrogen-bond acceptors (Lipinski definition) is 5. The average Bonchev–Trinajstić information content (AvgIpc) is 3.48. The number of anilines is 1. The molecule has 41 heavy (non-hydrogen) atoms. The van der Waals surface area contributed by atoms with E-state index in [1.807, 2.05) is 38.1 Å². The van der Waals surface area contributed by atoms with Gasteiger partial charge in [0.1, 0.15) is 18.3 Å². The summed E-state index contributed by atoms with van der Waals surface area (Å²) in [7, 11) is -2.64. The summed E-state index contributed by atoms with van der Waals surface area (Å²) in [5, 5.41) is 3.09. The number of aryl methyl sites for hydroxylation is 2. The van der Waals surface area contributed by atoms with Gasteiger partial charge in [-0.15, -0.1) is 0 Å². The number of nitrogens with zero attached hydrogens (tertiary/aromatic N) is 2. The summed E-state index contributed by atoms with van der Waals surface area (Å²) in [6.45, 7) is 5.20. The highest BCUT2D eigenvalue weighted by Crippen LogP contribution is 2.28. The summed E-state index contributed by atoms with van der Waals surface area (Å²) in [5.74, 6) is -0.269. The lowest BCUT2D eigenvalue weighted by molar-refractivity contribution is -0.139. The van der Waals surface area contributed by atoms with Gasteiger partial charge < -0.3 is 15.0 Å². The van der Waals surface area contributed by atoms with Gasteiger partial charge in [0, 0.05) is 18.7 Å². The minimum atomic E-state index is -4.14. The van der Waals surface area contributed by atoms with Crippen molar-refractivity contribution in [3.8, 4) is 5.75 Å². The quantitative estimate of drug-likeness (QED) is 0.347. The molecule has 0 heterocycles. The highest BCUT2D eigenvalue weighted by atomic mass is 32.2. The van der Waals surface area contributed by atoms with Crippen molar-refractivity contribution in [1.29, 1.82) is 0 Å². The van der Waals surface area contributed by atoms with Crippen LogP contribution in [0, 0.1) is 13.8 Å². The molecule has 0 unspecified atom stereocenters. The predicted molar refractivity (Wildman–Crippen MR) is 160 cm³/mol. The molecule has 1 aliphatic carbocycles. The summed E-state index contributed by atoms with van der Waals surface area (Å²) in [6, 6.07) is 20.1. The molecule has 9 heteroatoms. The van der Waals surface area contributed by atoms with Crippen LogP contribution >= 0.6 is 0 Å². The number of sulfonamides is 1. The molecule has 0 bridgehead atoms. The Hall–Kier alpha value is -3.85. The molecule has 1 N–H and O–H groups in total. The maximum Gasteiger partial charge on any atom is 0.264 e. The maximum atomic E-state index is 14.1. The van der Waals surface area contributed by atoms with E-state index in [4.69, 9.17) is 4.74 Å². The van der Waals surface area contributed by atoms with Crippen LogP contribution in [0.1, 0.15) is 49.3 Å². The smallest absolute Gasteiger partial charge is 0.264 e. The highest BCUT2D eigenvalue weighted by Gasteiger charge is 2.33. The van der Waals surface area contributed by atoms with Crippen molar-refractivity contribution < 1.29 is 22.7 Å². The Morgan fingerprint density at radius 2 is 1.66 bits per heavy atom. The van der Waals surface area contributed by atoms with Crippen LogP contribution in [0.15, 0.2) is 77.7 Å². The molecule has 8 nitrogen and oxygen atoms in total. The van der Waals surface area contributed by atoms with Gasteiger partial charge in [-0.05, 0) is 69.0 Å². The minimum Gasteiger partial charge on any atom is -0.497 e. The zero-order chi connectivity index (χ0) is 29.6. The molecular formula is C32H39N3O5S. The van der Waals surface area contributed by atoms with E-state index in [2.05, 4.69) is 5.32 Å². The van der Waals surface area contributed by atoms with Crippen LogP contribution in [0.2, 0.25) is 0 Å². The Bertz CT molecular complexity index is 1470. The van der Waals surface area contributed by atoms with E-state index in [9.17, 15) is 18.0 Å². The van der Waals surface area contributed by atoms with E-state index in [0.29, 0.717) is 5.75 Å². The zero-order valence-electron chi connectivity index (χ0n) is 24.2. The Balaban J connectivity index is 1.71. The number of hydrogen-bond donors (Lipinski definition) is 1. The summed E-state index contributed by atoms with van der Waals surface area (Å²) in [6.07, 6.45) is 3.97. The first-order chi connectivity index (χ1) is 19.6. The first-order valence-electron chi connectivity index (χ1n) is 14.0. The first kappa shape index (κ1) is 30.1. The second kappa shape index (κ2) is 13.2. The van der Waals surface area contributed by atoms with Gasteiger partial charge in [-0.2, -0.15) is 0 Å². The molecule has 0 saturated heterocycles. The van der Waals surface area contributed by atoms with Crippen LogP contribution in [0.4, 0.5) is 5.69 Å². The van der Waals surface area contributed by atoms with E-state index in [-0.39, 0.29) is 29.1 Å². The first-order valence-corrected chi connectivity index (χ1v) is 15.4. The Morgan fingerprint density at radius 3 is 2.32 bits per heavy atom. The summed E-state index contributed by atoms with van der Waals surface area (Å²) in [4.78, 5) is 29.0. The lowest BCUT2D eigenvalue weighted by Gasteiger charge is -2.33. The van der Waals surface area contributed by atoms with Crippen molar-refractivity contribution in [2.24, 2.45) is 0 Å². The van der Waals surface area contributed by atoms with Crippen molar-refractivity contribution in [3.05, 3.63) is 89.5 Å². The van der Waals surface area contributed by atoms with E-state index < -0.39 is 28.5 Å². The van der Waals surface area contributed by atoms with Gasteiger partial charge in [0.25, 0.3) is 10.0 Å². The molecule has 0 radical (unpaired) electrons. The molecule has 1 fully saturated rings. The van der Waals surface area contributed by atoms with Gasteiger partial charge in [-0.25, -0.2) is 8.42 Å². The fraction of sp³-hybridized carbons (Fsp3) is 0.375. The molecule has 0 spiro atoms. The third kappa shape index (κ3) is 7.27. The number of rotatable bonds is 11. The fourth-order valence-electron chi connectivity index (χ4n) is 5.08. The Morgan fingerprint density at radius 1 is 0.976 bits per heavy atom. The molecule has 1 atom stereocenters. The zero-order valence-corrected chi connectivity index (χ0v) is 25.0. The number of carbonyl (C=O) groups is 2. The van der Waals surface area contributed by atoms with Crippen LogP contribution in [-0.2, 0) is 26.2 Å². The van der Waals surface area contributed by atoms with Gasteiger partial charge in [0.15, 0.2) is 0 Å². The molecule has 3 aromatic rings. The second-order valence-corrected chi connectivity index (χ2v) is 12.5. The number of benzene rings is 3. The monoisotopic (exact) mass is 577 g/mol. The van der Waals surface area contributed by atoms with Crippen molar-refractivity contribution in [3.63, 3.8) is 0 Å². The molecule has 3 aromatic carbocycles. The standard InChI is InChI=1S/C32H39N3O5S/c1-23-16-18-30(19-17-23)41(38,39)35(28-14-9-15-29(20-28)40-4)22-31(36)34(21-26-11-6-5-10-24(26)2)25(3)32(37)33-27-12-7-8-13-27/h5-6,9-11,14-20,25,27H,7-8,12-13,21-22H2,1-4H3,(H,33,37)/t25-/m0/s1. The third-order valence-electron chi connectivity index (χ3n) is 7.70. The van der Waals surface area contributed by atoms with Crippen molar-refractivity contribution in [2.45, 2.75) is 70.0 Å². The molecule has 4 rings (SSSR count). The minimum absolute atomic E-state index is 0.0659. The Labute approximate surface area is 243 Å². The summed E-state index contributed by atoms with van der Waals surface area (Å²) >= 11 is 0. The van der Waals surface area contributed by atoms with Gasteiger partial charge >= 0.3 is 0 Å². The maximum absolute atomic E-state index is 14.1. The molecule has 218 valence electrons. The largest absolute Gasteiger partial charge is 0.497 e. The number of carbonyl (C=O) groups excluding carboxylic acids is 2. The van der Waals surface area contributed by atoms with Crippen LogP contribution in [-0.4, -0.2) is 50.9 Å². The SMILES string of the molecule is COc1cccc(N(CC(=O)N(Cc2ccccc2C)[C@@H](C)C(=O)NC2CCCC2)S(=O)(=O)c2ccc(C)cc2)c1. The van der Waals surface area contributed by atoms with E-state index >= 15 is 0 Å². The van der Waals surface area contributed by atoms with Gasteiger partial charge in [-0.1, -0.05) is 60.9 Å². The predicted octanol–water partition coefficient (Wildman–Crippen LogP) is 4.98.